The van der Waals surface area contributed by atoms with Crippen LogP contribution in [0.25, 0.3) is 33.4 Å². The van der Waals surface area contributed by atoms with Gasteiger partial charge < -0.3 is 25.1 Å². The van der Waals surface area contributed by atoms with Crippen LogP contribution in [0.2, 0.25) is 0 Å². The molecule has 0 aliphatic carbocycles. The number of nitrogen functional groups attached to an aromatic ring is 1. The number of methoxy groups -OCH3 is 2. The highest BCUT2D eigenvalue weighted by molar-refractivity contribution is 6.04. The number of carbonyl (C=O) groups excluding carboxylic acids is 1. The van der Waals surface area contributed by atoms with Crippen molar-refractivity contribution in [1.82, 2.24) is 9.55 Å². The van der Waals surface area contributed by atoms with Gasteiger partial charge in [0.15, 0.2) is 11.5 Å². The number of anilines is 2. The zero-order chi connectivity index (χ0) is 31.4. The van der Waals surface area contributed by atoms with Gasteiger partial charge >= 0.3 is 6.18 Å². The summed E-state index contributed by atoms with van der Waals surface area (Å²) in [4.78, 5) is 30.8. The summed E-state index contributed by atoms with van der Waals surface area (Å²) in [6.45, 7) is -1.36. The summed E-state index contributed by atoms with van der Waals surface area (Å²) in [6, 6.07) is 22.2. The van der Waals surface area contributed by atoms with Gasteiger partial charge in [-0.3, -0.25) is 9.59 Å². The minimum atomic E-state index is -4.56. The lowest BCUT2D eigenvalue weighted by Crippen LogP contribution is -2.27. The number of hydrogen-bond acceptors (Lipinski definition) is 6. The van der Waals surface area contributed by atoms with Gasteiger partial charge in [-0.2, -0.15) is 13.2 Å². The van der Waals surface area contributed by atoms with Crippen LogP contribution in [0.3, 0.4) is 0 Å². The fourth-order valence-electron chi connectivity index (χ4n) is 4.73. The number of nitrogens with one attached hydrogen (secondary N) is 1. The fraction of sp³-hybridized carbons (Fsp3) is 0.121. The molecule has 224 valence electrons. The lowest BCUT2D eigenvalue weighted by atomic mass is 10.0. The van der Waals surface area contributed by atoms with Crippen molar-refractivity contribution >= 4 is 17.4 Å². The number of alkyl halides is 3. The summed E-state index contributed by atoms with van der Waals surface area (Å²) in [5.41, 5.74) is 8.74. The van der Waals surface area contributed by atoms with Crippen molar-refractivity contribution in [3.05, 3.63) is 113 Å². The second kappa shape index (κ2) is 12.3. The molecular weight excluding hydrogens is 573 g/mol. The Morgan fingerprint density at radius 2 is 1.50 bits per heavy atom. The molecule has 44 heavy (non-hydrogen) atoms. The van der Waals surface area contributed by atoms with Crippen LogP contribution in [0.5, 0.6) is 11.5 Å². The van der Waals surface area contributed by atoms with Crippen LogP contribution in [-0.2, 0) is 6.54 Å². The predicted octanol–water partition coefficient (Wildman–Crippen LogP) is 6.66. The van der Waals surface area contributed by atoms with E-state index in [0.717, 1.165) is 28.1 Å². The highest BCUT2D eigenvalue weighted by atomic mass is 19.4. The molecule has 0 aliphatic heterocycles. The number of nitrogens with zero attached hydrogens (tertiary/aromatic N) is 2. The molecule has 1 amide bonds. The molecule has 3 N–H and O–H groups in total. The van der Waals surface area contributed by atoms with Crippen LogP contribution in [-0.4, -0.2) is 35.9 Å². The first-order valence-corrected chi connectivity index (χ1v) is 13.3. The molecule has 0 saturated carbocycles. The number of ether oxygens (including phenoxy) is 2. The van der Waals surface area contributed by atoms with Gasteiger partial charge in [-0.15, -0.1) is 0 Å². The highest BCUT2D eigenvalue weighted by Crippen LogP contribution is 2.35. The Labute approximate surface area is 250 Å². The van der Waals surface area contributed by atoms with Gasteiger partial charge in [0.25, 0.3) is 5.91 Å². The van der Waals surface area contributed by atoms with Gasteiger partial charge in [0.2, 0.25) is 5.43 Å². The molecule has 0 aliphatic rings. The second-order valence-electron chi connectivity index (χ2n) is 9.83. The Hall–Kier alpha value is -5.58. The van der Waals surface area contributed by atoms with Gasteiger partial charge in [-0.25, -0.2) is 4.98 Å². The number of pyridine rings is 2. The number of halogens is 3. The number of benzene rings is 3. The van der Waals surface area contributed by atoms with Crippen molar-refractivity contribution in [3.63, 3.8) is 0 Å². The molecule has 0 fully saturated rings. The quantitative estimate of drug-likeness (QED) is 0.206. The zero-order valence-corrected chi connectivity index (χ0v) is 23.7. The molecule has 0 radical (unpaired) electrons. The molecule has 11 heteroatoms. The molecule has 5 aromatic rings. The van der Waals surface area contributed by atoms with Gasteiger partial charge in [-0.05, 0) is 47.0 Å². The van der Waals surface area contributed by atoms with E-state index in [1.54, 1.807) is 81.1 Å². The Kier molecular flexibility index (Phi) is 8.38. The molecule has 8 nitrogen and oxygen atoms in total. The number of rotatable bonds is 8. The van der Waals surface area contributed by atoms with E-state index in [9.17, 15) is 22.8 Å². The summed E-state index contributed by atoms with van der Waals surface area (Å²) in [7, 11) is 3.10. The third-order valence-corrected chi connectivity index (χ3v) is 6.86. The highest BCUT2D eigenvalue weighted by Gasteiger charge is 2.29. The number of carbonyl (C=O) groups is 1. The summed E-state index contributed by atoms with van der Waals surface area (Å²) in [5, 5.41) is 2.62. The molecule has 0 spiro atoms. The van der Waals surface area contributed by atoms with E-state index in [-0.39, 0.29) is 11.4 Å². The first-order valence-electron chi connectivity index (χ1n) is 13.3. The lowest BCUT2D eigenvalue weighted by Gasteiger charge is -2.14. The summed E-state index contributed by atoms with van der Waals surface area (Å²) in [5.74, 6) is 0.591. The number of aromatic nitrogens is 2. The van der Waals surface area contributed by atoms with Gasteiger partial charge in [0.05, 0.1) is 14.2 Å². The van der Waals surface area contributed by atoms with Gasteiger partial charge in [0, 0.05) is 41.0 Å². The van der Waals surface area contributed by atoms with E-state index in [0.29, 0.717) is 33.9 Å². The summed E-state index contributed by atoms with van der Waals surface area (Å²) >= 11 is 0. The average molecular weight is 601 g/mol. The Morgan fingerprint density at radius 3 is 2.16 bits per heavy atom. The third kappa shape index (κ3) is 6.57. The van der Waals surface area contributed by atoms with Crippen molar-refractivity contribution in [2.24, 2.45) is 0 Å². The van der Waals surface area contributed by atoms with Crippen molar-refractivity contribution in [2.45, 2.75) is 12.7 Å². The van der Waals surface area contributed by atoms with Gasteiger partial charge in [0.1, 0.15) is 17.9 Å². The van der Waals surface area contributed by atoms with Crippen LogP contribution in [0, 0.1) is 0 Å². The van der Waals surface area contributed by atoms with Crippen molar-refractivity contribution in [3.8, 4) is 44.9 Å². The number of nitrogens with two attached hydrogens (primary N) is 1. The van der Waals surface area contributed by atoms with Gasteiger partial charge in [-0.1, -0.05) is 48.5 Å². The third-order valence-electron chi connectivity index (χ3n) is 6.86. The maximum atomic E-state index is 13.2. The molecule has 0 unspecified atom stereocenters. The van der Waals surface area contributed by atoms with Crippen molar-refractivity contribution in [1.29, 1.82) is 0 Å². The van der Waals surface area contributed by atoms with Crippen LogP contribution in [0.1, 0.15) is 10.4 Å². The standard InChI is InChI=1S/C33H27F3N4O4/c1-43-28-13-10-22(15-29(28)44-2)23-14-25(31(37)38-16-23)21-8-11-24(12-9-21)39-32(42)27-18-40(19-33(34,35)36)17-26(30(27)41)20-6-4-3-5-7-20/h3-18H,19H2,1-2H3,(H2,37,38)(H,39,42). The number of amides is 1. The van der Waals surface area contributed by atoms with Crippen LogP contribution in [0.15, 0.2) is 102 Å². The minimum absolute atomic E-state index is 0.0183. The molecule has 2 heterocycles. The zero-order valence-electron chi connectivity index (χ0n) is 23.7. The van der Waals surface area contributed by atoms with E-state index in [1.165, 1.54) is 0 Å². The minimum Gasteiger partial charge on any atom is -0.493 e. The maximum Gasteiger partial charge on any atom is 0.406 e. The topological polar surface area (TPSA) is 108 Å². The Balaban J connectivity index is 1.42. The van der Waals surface area contributed by atoms with Crippen molar-refractivity contribution < 1.29 is 27.4 Å². The van der Waals surface area contributed by atoms with Crippen LogP contribution in [0.4, 0.5) is 24.7 Å². The lowest BCUT2D eigenvalue weighted by molar-refractivity contribution is -0.140. The summed E-state index contributed by atoms with van der Waals surface area (Å²) < 4.78 is 51.2. The normalized spacial score (nSPS) is 11.2. The molecule has 0 saturated heterocycles. The fourth-order valence-corrected chi connectivity index (χ4v) is 4.73. The molecule has 3 aromatic carbocycles. The maximum absolute atomic E-state index is 13.2. The van der Waals surface area contributed by atoms with E-state index in [1.807, 2.05) is 18.2 Å². The molecule has 0 bridgehead atoms. The Bertz CT molecular complexity index is 1870. The molecule has 2 aromatic heterocycles. The number of hydrogen-bond donors (Lipinski definition) is 2. The second-order valence-corrected chi connectivity index (χ2v) is 9.83. The smallest absolute Gasteiger partial charge is 0.406 e. The monoisotopic (exact) mass is 600 g/mol. The predicted molar refractivity (Wildman–Crippen MR) is 163 cm³/mol. The molecular formula is C33H27F3N4O4. The SMILES string of the molecule is COc1ccc(-c2cnc(N)c(-c3ccc(NC(=O)c4cn(CC(F)(F)F)cc(-c5ccccc5)c4=O)cc3)c2)cc1OC. The van der Waals surface area contributed by atoms with Crippen molar-refractivity contribution in [2.75, 3.05) is 25.3 Å². The Morgan fingerprint density at radius 1 is 0.841 bits per heavy atom. The van der Waals surface area contributed by atoms with E-state index >= 15 is 0 Å². The first-order chi connectivity index (χ1) is 21.1. The van der Waals surface area contributed by atoms with Crippen LogP contribution < -0.4 is 26.0 Å². The van der Waals surface area contributed by atoms with E-state index in [2.05, 4.69) is 10.3 Å². The van der Waals surface area contributed by atoms with E-state index < -0.39 is 29.6 Å². The van der Waals surface area contributed by atoms with E-state index in [4.69, 9.17) is 15.2 Å². The largest absolute Gasteiger partial charge is 0.493 e. The van der Waals surface area contributed by atoms with Crippen LogP contribution >= 0.6 is 0 Å². The first kappa shape index (κ1) is 29.9. The molecule has 0 atom stereocenters. The average Bonchev–Trinajstić information content (AvgIpc) is 3.01. The molecule has 5 rings (SSSR count). The summed E-state index contributed by atoms with van der Waals surface area (Å²) in [6.07, 6.45) is -0.896.